The zero-order chi connectivity index (χ0) is 47.9. The quantitative estimate of drug-likeness (QED) is 0.160. The second kappa shape index (κ2) is 16.2. The van der Waals surface area contributed by atoms with Crippen LogP contribution in [0.3, 0.4) is 0 Å². The highest BCUT2D eigenvalue weighted by molar-refractivity contribution is 6.10. The van der Waals surface area contributed by atoms with Crippen molar-refractivity contribution >= 4 is 33.2 Å². The van der Waals surface area contributed by atoms with Crippen LogP contribution in [0.25, 0.3) is 27.6 Å². The Labute approximate surface area is 396 Å². The number of pyridine rings is 1. The molecular formula is C61H74N4O. The van der Waals surface area contributed by atoms with Crippen molar-refractivity contribution < 1.29 is 4.74 Å². The van der Waals surface area contributed by atoms with Crippen molar-refractivity contribution in [2.45, 2.75) is 145 Å². The summed E-state index contributed by atoms with van der Waals surface area (Å²) in [6.07, 6.45) is 4.32. The van der Waals surface area contributed by atoms with Crippen LogP contribution in [-0.2, 0) is 27.1 Å². The number of fused-ring (bicyclic) bond motifs is 3. The molecule has 0 fully saturated rings. The third kappa shape index (κ3) is 9.15. The van der Waals surface area contributed by atoms with E-state index in [-0.39, 0.29) is 32.5 Å². The van der Waals surface area contributed by atoms with E-state index in [0.29, 0.717) is 6.67 Å². The first-order valence-electron chi connectivity index (χ1n) is 24.0. The molecule has 0 N–H and O–H groups in total. The number of hydrogen-bond donors (Lipinski definition) is 0. The van der Waals surface area contributed by atoms with Crippen molar-refractivity contribution in [3.05, 3.63) is 167 Å². The van der Waals surface area contributed by atoms with Crippen LogP contribution < -0.4 is 14.5 Å². The van der Waals surface area contributed by atoms with Gasteiger partial charge in [-0.25, -0.2) is 4.98 Å². The second-order valence-corrected chi connectivity index (χ2v) is 24.5. The molecule has 0 saturated heterocycles. The molecule has 0 spiro atoms. The van der Waals surface area contributed by atoms with Gasteiger partial charge in [0.05, 0.1) is 17.7 Å². The summed E-state index contributed by atoms with van der Waals surface area (Å²) in [5, 5.41) is 2.36. The third-order valence-electron chi connectivity index (χ3n) is 13.7. The lowest BCUT2D eigenvalue weighted by atomic mass is 9.78. The smallest absolute Gasteiger partial charge is 0.137 e. The third-order valence-corrected chi connectivity index (χ3v) is 13.7. The molecule has 0 unspecified atom stereocenters. The highest BCUT2D eigenvalue weighted by atomic mass is 16.5. The zero-order valence-electron chi connectivity index (χ0n) is 43.0. The van der Waals surface area contributed by atoms with Crippen LogP contribution in [0.5, 0.6) is 11.5 Å². The van der Waals surface area contributed by atoms with Crippen LogP contribution in [0.15, 0.2) is 133 Å². The van der Waals surface area contributed by atoms with Gasteiger partial charge in [-0.15, -0.1) is 0 Å². The number of aromatic nitrogens is 2. The lowest BCUT2D eigenvalue weighted by Gasteiger charge is -2.32. The largest absolute Gasteiger partial charge is 0.457 e. The van der Waals surface area contributed by atoms with Gasteiger partial charge in [0, 0.05) is 63.2 Å². The first-order valence-corrected chi connectivity index (χ1v) is 24.0. The van der Waals surface area contributed by atoms with Gasteiger partial charge in [0.15, 0.2) is 0 Å². The van der Waals surface area contributed by atoms with E-state index in [9.17, 15) is 0 Å². The Kier molecular flexibility index (Phi) is 11.5. The van der Waals surface area contributed by atoms with Crippen LogP contribution in [0.4, 0.5) is 11.4 Å². The number of rotatable bonds is 7. The Bertz CT molecular complexity index is 2930. The van der Waals surface area contributed by atoms with Crippen LogP contribution >= 0.6 is 0 Å². The number of hydrogen-bond acceptors (Lipinski definition) is 4. The number of nitrogens with zero attached hydrogens (tertiary/aromatic N) is 4. The van der Waals surface area contributed by atoms with Crippen LogP contribution in [0.1, 0.15) is 151 Å². The lowest BCUT2D eigenvalue weighted by molar-refractivity contribution is 0.477. The molecule has 3 heterocycles. The Hall–Kier alpha value is -5.81. The van der Waals surface area contributed by atoms with Crippen LogP contribution in [0.2, 0.25) is 0 Å². The maximum absolute atomic E-state index is 7.07. The number of ether oxygens (including phenoxy) is 1. The summed E-state index contributed by atoms with van der Waals surface area (Å²) in [4.78, 5) is 9.95. The number of benzene rings is 5. The minimum absolute atomic E-state index is 0.0197. The maximum Gasteiger partial charge on any atom is 0.137 e. The maximum atomic E-state index is 7.07. The second-order valence-electron chi connectivity index (χ2n) is 24.5. The molecule has 0 atom stereocenters. The molecule has 66 heavy (non-hydrogen) atoms. The summed E-state index contributed by atoms with van der Waals surface area (Å²) in [6, 6.07) is 42.8. The molecule has 344 valence electrons. The van der Waals surface area contributed by atoms with Crippen LogP contribution in [0, 0.1) is 5.41 Å². The van der Waals surface area contributed by atoms with Gasteiger partial charge in [-0.2, -0.15) is 0 Å². The molecule has 7 aromatic rings. The predicted octanol–water partition coefficient (Wildman–Crippen LogP) is 16.7. The summed E-state index contributed by atoms with van der Waals surface area (Å²) in [7, 11) is 0. The van der Waals surface area contributed by atoms with Crippen molar-refractivity contribution in [3.63, 3.8) is 0 Å². The van der Waals surface area contributed by atoms with Gasteiger partial charge < -0.3 is 14.5 Å². The van der Waals surface area contributed by atoms with E-state index in [4.69, 9.17) is 9.72 Å². The molecule has 0 bridgehead atoms. The SMILES string of the molecule is CC(C)(C)C1=CN(c2cc(C(C)(C)C)cc(C(C)(C)C)c2)CN1c1cc(Oc2ccc3c4cc(C(C)(C)c5ccccc5)ccc4n(-c4cc(C(C)(C)C)ccn4)c3c2)cc(C(C)(C)C)c1. The van der Waals surface area contributed by atoms with Crippen molar-refractivity contribution in [1.82, 2.24) is 9.55 Å². The summed E-state index contributed by atoms with van der Waals surface area (Å²) in [5.74, 6) is 2.49. The molecule has 0 aliphatic carbocycles. The van der Waals surface area contributed by atoms with Crippen molar-refractivity contribution in [2.75, 3.05) is 16.5 Å². The fraction of sp³-hybridized carbons (Fsp3) is 0.393. The normalized spacial score (nSPS) is 14.4. The Morgan fingerprint density at radius 1 is 0.439 bits per heavy atom. The van der Waals surface area contributed by atoms with Gasteiger partial charge >= 0.3 is 0 Å². The summed E-state index contributed by atoms with van der Waals surface area (Å²) in [6.45, 7) is 39.8. The summed E-state index contributed by atoms with van der Waals surface area (Å²) >= 11 is 0. The molecule has 0 saturated carbocycles. The Morgan fingerprint density at radius 3 is 1.65 bits per heavy atom. The van der Waals surface area contributed by atoms with Crippen molar-refractivity contribution in [2.24, 2.45) is 5.41 Å². The molecule has 5 nitrogen and oxygen atoms in total. The van der Waals surface area contributed by atoms with E-state index in [1.54, 1.807) is 0 Å². The van der Waals surface area contributed by atoms with Gasteiger partial charge in [0.25, 0.3) is 0 Å². The average Bonchev–Trinajstić information content (AvgIpc) is 3.83. The Balaban J connectivity index is 1.24. The highest BCUT2D eigenvalue weighted by Crippen LogP contribution is 2.44. The summed E-state index contributed by atoms with van der Waals surface area (Å²) < 4.78 is 9.39. The van der Waals surface area contributed by atoms with Gasteiger partial charge in [-0.1, -0.05) is 160 Å². The first kappa shape index (κ1) is 46.7. The number of anilines is 2. The summed E-state index contributed by atoms with van der Waals surface area (Å²) in [5.41, 5.74) is 13.1. The molecule has 0 radical (unpaired) electrons. The van der Waals surface area contributed by atoms with Crippen molar-refractivity contribution in [1.29, 1.82) is 0 Å². The molecule has 8 rings (SSSR count). The molecular weight excluding hydrogens is 805 g/mol. The van der Waals surface area contributed by atoms with Gasteiger partial charge in [0.2, 0.25) is 0 Å². The lowest BCUT2D eigenvalue weighted by Crippen LogP contribution is -2.31. The fourth-order valence-corrected chi connectivity index (χ4v) is 9.20. The molecule has 5 aromatic carbocycles. The van der Waals surface area contributed by atoms with E-state index in [1.165, 1.54) is 50.2 Å². The minimum Gasteiger partial charge on any atom is -0.457 e. The fourth-order valence-electron chi connectivity index (χ4n) is 9.20. The monoisotopic (exact) mass is 879 g/mol. The van der Waals surface area contributed by atoms with Gasteiger partial charge in [-0.3, -0.25) is 4.57 Å². The molecule has 1 aliphatic heterocycles. The standard InChI is InChI=1S/C61H74N4O/c1-56(2,3)41-27-28-62-55(35-41)65-52-26-23-42(61(16,17)40-21-19-18-20-22-40)34-51(52)50-25-24-48(37-53(50)65)66-49-33-45(59(10,11)12)32-47(36-49)64-39-63(38-54(64)60(13,14)15)46-30-43(57(4,5)6)29-44(31-46)58(7,8)9/h18-38H,39H2,1-17H3. The molecule has 5 heteroatoms. The van der Waals surface area contributed by atoms with E-state index in [0.717, 1.165) is 39.4 Å². The predicted molar refractivity (Wildman–Crippen MR) is 282 cm³/mol. The van der Waals surface area contributed by atoms with Crippen LogP contribution in [-0.4, -0.2) is 16.2 Å². The molecule has 1 aliphatic rings. The van der Waals surface area contributed by atoms with E-state index in [1.807, 2.05) is 6.20 Å². The molecule has 2 aromatic heterocycles. The topological polar surface area (TPSA) is 33.5 Å². The molecule has 0 amide bonds. The highest BCUT2D eigenvalue weighted by Gasteiger charge is 2.34. The number of allylic oxidation sites excluding steroid dienone is 1. The zero-order valence-corrected chi connectivity index (χ0v) is 43.0. The first-order chi connectivity index (χ1) is 30.6. The minimum atomic E-state index is -0.187. The van der Waals surface area contributed by atoms with E-state index < -0.39 is 0 Å². The Morgan fingerprint density at radius 2 is 1.05 bits per heavy atom. The van der Waals surface area contributed by atoms with Gasteiger partial charge in [0.1, 0.15) is 17.3 Å². The van der Waals surface area contributed by atoms with Crippen molar-refractivity contribution in [3.8, 4) is 17.3 Å². The van der Waals surface area contributed by atoms with E-state index >= 15 is 0 Å². The van der Waals surface area contributed by atoms with E-state index in [2.05, 4.69) is 254 Å². The van der Waals surface area contributed by atoms with Gasteiger partial charge in [-0.05, 0) is 116 Å². The average molecular weight is 879 g/mol.